The monoisotopic (exact) mass is 412 g/mol. The number of carbonyl (C=O) groups is 1. The Labute approximate surface area is 168 Å². The van der Waals surface area contributed by atoms with E-state index in [1.165, 1.54) is 12.1 Å². The Morgan fingerprint density at radius 3 is 2.45 bits per heavy atom. The van der Waals surface area contributed by atoms with Crippen molar-refractivity contribution >= 4 is 11.8 Å². The van der Waals surface area contributed by atoms with Crippen LogP contribution in [0.2, 0.25) is 0 Å². The number of likely N-dealkylation sites (tertiary alicyclic amines) is 1. The average Bonchev–Trinajstić information content (AvgIpc) is 3.38. The molecule has 0 radical (unpaired) electrons. The first-order chi connectivity index (χ1) is 13.4. The van der Waals surface area contributed by atoms with Crippen LogP contribution >= 0.6 is 0 Å². The molecule has 1 aliphatic heterocycles. The zero-order valence-corrected chi connectivity index (χ0v) is 17.0. The van der Waals surface area contributed by atoms with Gasteiger partial charge in [-0.3, -0.25) is 10.1 Å². The fraction of sp³-hybridized carbons (Fsp3) is 0.650. The van der Waals surface area contributed by atoms with E-state index in [9.17, 15) is 14.9 Å². The summed E-state index contributed by atoms with van der Waals surface area (Å²) in [6.45, 7) is 5.97. The summed E-state index contributed by atoms with van der Waals surface area (Å²) in [4.78, 5) is 24.0. The molecule has 1 saturated carbocycles. The highest BCUT2D eigenvalue weighted by Crippen LogP contribution is 2.45. The van der Waals surface area contributed by atoms with E-state index in [1.54, 1.807) is 27.7 Å². The van der Waals surface area contributed by atoms with Crippen LogP contribution in [0.25, 0.3) is 0 Å². The van der Waals surface area contributed by atoms with Gasteiger partial charge >= 0.3 is 11.8 Å². The summed E-state index contributed by atoms with van der Waals surface area (Å²) >= 11 is 0. The van der Waals surface area contributed by atoms with E-state index in [1.807, 2.05) is 0 Å². The number of benzene rings is 1. The normalized spacial score (nSPS) is 21.6. The third-order valence-corrected chi connectivity index (χ3v) is 4.99. The predicted molar refractivity (Wildman–Crippen MR) is 102 cm³/mol. The third-order valence-electron chi connectivity index (χ3n) is 4.99. The van der Waals surface area contributed by atoms with E-state index in [0.29, 0.717) is 11.1 Å². The van der Waals surface area contributed by atoms with Crippen molar-refractivity contribution in [1.29, 1.82) is 0 Å². The number of hydrogen-bond donors (Lipinski definition) is 0. The molecule has 2 fully saturated rings. The summed E-state index contributed by atoms with van der Waals surface area (Å²) in [5.41, 5.74) is -0.254. The highest BCUT2D eigenvalue weighted by Gasteiger charge is 2.48. The van der Waals surface area contributed by atoms with Crippen molar-refractivity contribution in [1.82, 2.24) is 4.90 Å². The standard InChI is InChI=1S/C20H26F2N2O5/c1-12-9-16(24(26)27)17(28-13-5-6-13)10-14(12)15-7-8-23(11-20(15,21)22)18(25)29-19(2,3)4/h9-10,13,15H,5-8,11H2,1-4H3. The molecule has 2 aliphatic rings. The lowest BCUT2D eigenvalue weighted by atomic mass is 9.83. The van der Waals surface area contributed by atoms with Gasteiger partial charge in [-0.15, -0.1) is 0 Å². The van der Waals surface area contributed by atoms with Crippen LogP contribution in [0.3, 0.4) is 0 Å². The van der Waals surface area contributed by atoms with Gasteiger partial charge in [-0.2, -0.15) is 0 Å². The van der Waals surface area contributed by atoms with Gasteiger partial charge in [-0.05, 0) is 64.2 Å². The van der Waals surface area contributed by atoms with Crippen molar-refractivity contribution in [3.63, 3.8) is 0 Å². The molecule has 1 unspecified atom stereocenters. The minimum Gasteiger partial charge on any atom is -0.483 e. The molecule has 0 spiro atoms. The van der Waals surface area contributed by atoms with Gasteiger partial charge in [0.05, 0.1) is 23.5 Å². The number of halogens is 2. The maximum atomic E-state index is 15.0. The van der Waals surface area contributed by atoms with Crippen LogP contribution in [0.5, 0.6) is 5.75 Å². The summed E-state index contributed by atoms with van der Waals surface area (Å²) in [6.07, 6.45) is 0.746. The number of ether oxygens (including phenoxy) is 2. The molecule has 3 rings (SSSR count). The molecule has 1 amide bonds. The second kappa shape index (κ2) is 7.42. The van der Waals surface area contributed by atoms with Crippen molar-refractivity contribution in [2.75, 3.05) is 13.1 Å². The Morgan fingerprint density at radius 1 is 1.28 bits per heavy atom. The van der Waals surface area contributed by atoms with Crippen molar-refractivity contribution < 1.29 is 28.0 Å². The fourth-order valence-electron chi connectivity index (χ4n) is 3.47. The summed E-state index contributed by atoms with van der Waals surface area (Å²) in [7, 11) is 0. The van der Waals surface area contributed by atoms with Gasteiger partial charge in [0.15, 0.2) is 5.75 Å². The Hall–Kier alpha value is -2.45. The van der Waals surface area contributed by atoms with Gasteiger partial charge in [0.2, 0.25) is 0 Å². The van der Waals surface area contributed by atoms with E-state index >= 15 is 8.78 Å². The van der Waals surface area contributed by atoms with Crippen LogP contribution in [-0.2, 0) is 4.74 Å². The quantitative estimate of drug-likeness (QED) is 0.524. The minimum absolute atomic E-state index is 0.0216. The number of carbonyl (C=O) groups excluding carboxylic acids is 1. The highest BCUT2D eigenvalue weighted by molar-refractivity contribution is 5.68. The number of rotatable bonds is 4. The van der Waals surface area contributed by atoms with E-state index in [0.717, 1.165) is 17.7 Å². The van der Waals surface area contributed by atoms with Gasteiger partial charge in [-0.25, -0.2) is 13.6 Å². The van der Waals surface area contributed by atoms with E-state index in [2.05, 4.69) is 0 Å². The number of nitro groups is 1. The first kappa shape index (κ1) is 21.3. The maximum absolute atomic E-state index is 15.0. The predicted octanol–water partition coefficient (Wildman–Crippen LogP) is 4.80. The molecule has 29 heavy (non-hydrogen) atoms. The number of hydrogen-bond acceptors (Lipinski definition) is 5. The molecule has 9 heteroatoms. The Bertz CT molecular complexity index is 818. The fourth-order valence-corrected chi connectivity index (χ4v) is 3.47. The molecule has 7 nitrogen and oxygen atoms in total. The van der Waals surface area contributed by atoms with Gasteiger partial charge in [-0.1, -0.05) is 0 Å². The topological polar surface area (TPSA) is 81.9 Å². The summed E-state index contributed by atoms with van der Waals surface area (Å²) < 4.78 is 40.9. The lowest BCUT2D eigenvalue weighted by Gasteiger charge is -2.39. The Morgan fingerprint density at radius 2 is 1.93 bits per heavy atom. The van der Waals surface area contributed by atoms with Crippen LogP contribution in [0.15, 0.2) is 12.1 Å². The summed E-state index contributed by atoms with van der Waals surface area (Å²) in [5, 5.41) is 11.3. The molecule has 0 bridgehead atoms. The number of aryl methyl sites for hydroxylation is 1. The van der Waals surface area contributed by atoms with E-state index < -0.39 is 35.0 Å². The van der Waals surface area contributed by atoms with Crippen LogP contribution in [-0.4, -0.2) is 46.6 Å². The molecule has 1 aromatic carbocycles. The van der Waals surface area contributed by atoms with Gasteiger partial charge in [0.25, 0.3) is 5.92 Å². The maximum Gasteiger partial charge on any atom is 0.410 e. The number of alkyl halides is 2. The van der Waals surface area contributed by atoms with E-state index in [4.69, 9.17) is 9.47 Å². The molecule has 1 heterocycles. The largest absolute Gasteiger partial charge is 0.483 e. The second-order valence-corrected chi connectivity index (χ2v) is 8.76. The van der Waals surface area contributed by atoms with Crippen LogP contribution < -0.4 is 4.74 Å². The molecule has 160 valence electrons. The lowest BCUT2D eigenvalue weighted by molar-refractivity contribution is -0.386. The molecule has 1 aliphatic carbocycles. The minimum atomic E-state index is -3.20. The molecular weight excluding hydrogens is 386 g/mol. The first-order valence-corrected chi connectivity index (χ1v) is 9.69. The molecular formula is C20H26F2N2O5. The number of nitrogens with zero attached hydrogens (tertiary/aromatic N) is 2. The van der Waals surface area contributed by atoms with E-state index in [-0.39, 0.29) is 30.5 Å². The average molecular weight is 412 g/mol. The number of piperidine rings is 1. The van der Waals surface area contributed by atoms with Gasteiger partial charge in [0.1, 0.15) is 5.60 Å². The summed E-state index contributed by atoms with van der Waals surface area (Å²) in [6, 6.07) is 2.68. The van der Waals surface area contributed by atoms with Gasteiger partial charge in [0, 0.05) is 12.6 Å². The van der Waals surface area contributed by atoms with Gasteiger partial charge < -0.3 is 14.4 Å². The number of nitro benzene ring substituents is 1. The lowest BCUT2D eigenvalue weighted by Crippen LogP contribution is -2.51. The Balaban J connectivity index is 1.85. The van der Waals surface area contributed by atoms with Crippen molar-refractivity contribution in [2.45, 2.75) is 70.5 Å². The Kier molecular flexibility index (Phi) is 5.44. The highest BCUT2D eigenvalue weighted by atomic mass is 19.3. The molecule has 1 atom stereocenters. The third kappa shape index (κ3) is 4.94. The van der Waals surface area contributed by atoms with Crippen LogP contribution in [0, 0.1) is 17.0 Å². The van der Waals surface area contributed by atoms with Crippen molar-refractivity contribution in [3.05, 3.63) is 33.4 Å². The first-order valence-electron chi connectivity index (χ1n) is 9.69. The van der Waals surface area contributed by atoms with Crippen LogP contribution in [0.4, 0.5) is 19.3 Å². The molecule has 0 aromatic heterocycles. The van der Waals surface area contributed by atoms with Crippen LogP contribution in [0.1, 0.15) is 57.1 Å². The molecule has 1 saturated heterocycles. The second-order valence-electron chi connectivity index (χ2n) is 8.76. The summed E-state index contributed by atoms with van der Waals surface area (Å²) in [5.74, 6) is -4.33. The molecule has 0 N–H and O–H groups in total. The molecule has 1 aromatic rings. The SMILES string of the molecule is Cc1cc([N+](=O)[O-])c(OC2CC2)cc1C1CCN(C(=O)OC(C)(C)C)CC1(F)F. The smallest absolute Gasteiger partial charge is 0.410 e. The number of amides is 1. The zero-order chi connectivity index (χ0) is 21.6. The van der Waals surface area contributed by atoms with Crippen molar-refractivity contribution in [3.8, 4) is 5.75 Å². The van der Waals surface area contributed by atoms with Crippen molar-refractivity contribution in [2.24, 2.45) is 0 Å². The zero-order valence-electron chi connectivity index (χ0n) is 17.0.